The largest absolute Gasteiger partial charge is 0.472 e. The van der Waals surface area contributed by atoms with Crippen LogP contribution in [0.2, 0.25) is 0 Å². The van der Waals surface area contributed by atoms with E-state index in [1.807, 2.05) is 0 Å². The number of nitrogens with zero attached hydrogens (tertiary/aromatic N) is 12. The Labute approximate surface area is 577 Å². The molecule has 6 aromatic heterocycles. The number of carbonyl (C=O) groups is 1. The van der Waals surface area contributed by atoms with Crippen LogP contribution >= 0.6 is 40.5 Å². The van der Waals surface area contributed by atoms with Gasteiger partial charge in [0.15, 0.2) is 53.1 Å². The van der Waals surface area contributed by atoms with Crippen molar-refractivity contribution in [2.45, 2.75) is 189 Å². The number of aromatic nitrogens is 12. The van der Waals surface area contributed by atoms with Gasteiger partial charge in [-0.15, -0.1) is 0 Å². The van der Waals surface area contributed by atoms with E-state index in [9.17, 15) is 43.2 Å². The fourth-order valence-corrected chi connectivity index (χ4v) is 17.7. The summed E-state index contributed by atoms with van der Waals surface area (Å²) in [6.07, 6.45) is 8.34. The number of phosphoric acid groups is 2. The number of anilines is 3. The number of phosphoric ester groups is 2. The average Bonchev–Trinajstić information content (AvgIpc) is 1.59. The number of nitrogen functional groups attached to an aromatic ring is 3. The lowest BCUT2D eigenvalue weighted by atomic mass is 9.90. The molecule has 0 aromatic carbocycles. The third-order valence-corrected chi connectivity index (χ3v) is 23.6. The second kappa shape index (κ2) is 34.8. The number of esters is 1. The fourth-order valence-electron chi connectivity index (χ4n) is 12.2. The second-order valence-corrected chi connectivity index (χ2v) is 33.6. The molecule has 4 aliphatic rings. The lowest BCUT2D eigenvalue weighted by Gasteiger charge is -2.39. The minimum absolute atomic E-state index is 0.0302. The number of rotatable bonds is 42. The van der Waals surface area contributed by atoms with Crippen molar-refractivity contribution in [3.63, 3.8) is 0 Å². The number of aliphatic hydroxyl groups excluding tert-OH is 2. The van der Waals surface area contributed by atoms with Crippen molar-refractivity contribution >= 4 is 109 Å². The maximum atomic E-state index is 14.3. The Morgan fingerprint density at radius 3 is 1.69 bits per heavy atom. The zero-order valence-corrected chi connectivity index (χ0v) is 59.5. The number of carbonyl (C=O) groups excluding carboxylic acids is 1. The Hall–Kier alpha value is -4.51. The van der Waals surface area contributed by atoms with Crippen LogP contribution in [0.25, 0.3) is 33.5 Å². The van der Waals surface area contributed by atoms with Crippen molar-refractivity contribution in [2.24, 2.45) is 0 Å². The van der Waals surface area contributed by atoms with E-state index in [1.165, 1.54) is 117 Å². The minimum Gasteiger partial charge on any atom is -0.465 e. The monoisotopic (exact) mass is 1510 g/mol. The van der Waals surface area contributed by atoms with Gasteiger partial charge in [-0.2, -0.15) is 0 Å². The third kappa shape index (κ3) is 19.5. The highest BCUT2D eigenvalue weighted by molar-refractivity contribution is 8.54. The molecule has 10 heterocycles. The summed E-state index contributed by atoms with van der Waals surface area (Å²) in [6, 6.07) is 0. The maximum Gasteiger partial charge on any atom is 0.472 e. The number of hydrogen-bond donors (Lipinski definition) is 9. The molecule has 550 valence electrons. The highest BCUT2D eigenvalue weighted by Gasteiger charge is 2.63. The topological polar surface area (TPSA) is 519 Å². The van der Waals surface area contributed by atoms with Crippen molar-refractivity contribution in [1.29, 1.82) is 0 Å². The molecule has 4 saturated heterocycles. The second-order valence-electron chi connectivity index (χ2n) is 23.9. The van der Waals surface area contributed by atoms with Crippen LogP contribution in [0.1, 0.15) is 135 Å². The number of aliphatic hydroxyl groups is 2. The van der Waals surface area contributed by atoms with Crippen molar-refractivity contribution in [3.8, 4) is 0 Å². The molecule has 99 heavy (non-hydrogen) atoms. The molecule has 0 aliphatic carbocycles. The quantitative estimate of drug-likeness (QED) is 0.0125. The van der Waals surface area contributed by atoms with Crippen molar-refractivity contribution < 1.29 is 108 Å². The molecule has 12 N–H and O–H groups in total. The zero-order chi connectivity index (χ0) is 70.5. The number of hydrogen-bond acceptors (Lipinski definition) is 33. The van der Waals surface area contributed by atoms with E-state index < -0.39 is 141 Å². The molecule has 4 aliphatic heterocycles. The first kappa shape index (κ1) is 77.1. The number of nitrogens with two attached hydrogens (primary N) is 3. The van der Waals surface area contributed by atoms with Crippen molar-refractivity contribution in [1.82, 2.24) is 58.6 Å². The summed E-state index contributed by atoms with van der Waals surface area (Å²) >= 11 is 6.16. The van der Waals surface area contributed by atoms with Gasteiger partial charge in [0.1, 0.15) is 96.6 Å². The Bertz CT molecular complexity index is 3850. The van der Waals surface area contributed by atoms with Gasteiger partial charge in [0.25, 0.3) is 0 Å². The molecule has 7 unspecified atom stereocenters. The van der Waals surface area contributed by atoms with E-state index in [0.29, 0.717) is 17.8 Å². The third-order valence-electron chi connectivity index (χ3n) is 17.1. The summed E-state index contributed by atoms with van der Waals surface area (Å²) in [4.78, 5) is 95.9. The standard InChI is InChI=1S/C55H85N15O23P4S2/c1-3-4-5-6-7-8-9-10-11-12-13-14-15-16-17-18-36(72)82-23-24-99-96(78,79)93-45-44-54(70-33-67-39-48(58)61-30-64-51(39)70)90-55(45,19-21-83-44)27-87-97(80,98)92-42-40(73)34(88-52(42)68-31-65-37-46(56)59-28-62-49(37)68)25-86-95(76,77)91-43-41(81-2)35(26-85-94(74,75)84-22-20-71)89-53(43)69-32-66-38-47(57)60-29-63-50(38)69/h28-35,40-45,52-54,71,73H,3-27H2,1-2H3,(H,74,75)(H,76,77)(H,78,79)(H,80,98)(H2,56,59,62)(H2,57,60,63)(H2,58,61,64)/t34-,35-,40+,41+,42?,43?,44?,45-,52-,53-,54-,55-,97?/m1/s1. The molecule has 0 amide bonds. The number of fused-ring (bicyclic) bond motifs is 5. The van der Waals surface area contributed by atoms with Crippen molar-refractivity contribution in [3.05, 3.63) is 38.0 Å². The van der Waals surface area contributed by atoms with Crippen LogP contribution in [0.5, 0.6) is 0 Å². The molecule has 44 heteroatoms. The van der Waals surface area contributed by atoms with Gasteiger partial charge in [0.05, 0.1) is 58.6 Å². The molecular weight excluding hydrogens is 1430 g/mol. The highest BCUT2D eigenvalue weighted by Crippen LogP contribution is 2.62. The van der Waals surface area contributed by atoms with Gasteiger partial charge >= 0.3 is 35.1 Å². The van der Waals surface area contributed by atoms with Gasteiger partial charge in [-0.25, -0.2) is 58.6 Å². The molecular formula is C55H85N15O23P4S2. The first-order valence-corrected chi connectivity index (χ1v) is 41.2. The normalized spacial score (nSPS) is 27.2. The average molecular weight is 1510 g/mol. The summed E-state index contributed by atoms with van der Waals surface area (Å²) < 4.78 is 121. The summed E-state index contributed by atoms with van der Waals surface area (Å²) in [7, 11) is -9.04. The fraction of sp³-hybridized carbons (Fsp3) is 0.709. The summed E-state index contributed by atoms with van der Waals surface area (Å²) in [5.41, 5.74) is 17.2. The van der Waals surface area contributed by atoms with Crippen LogP contribution in [-0.2, 0) is 90.4 Å². The summed E-state index contributed by atoms with van der Waals surface area (Å²) in [5, 5.41) is 21.3. The molecule has 4 fully saturated rings. The van der Waals surface area contributed by atoms with Gasteiger partial charge in [-0.05, 0) is 29.6 Å². The van der Waals surface area contributed by atoms with E-state index in [0.717, 1.165) is 31.9 Å². The molecule has 6 aromatic rings. The zero-order valence-electron chi connectivity index (χ0n) is 54.3. The molecule has 0 spiro atoms. The lowest BCUT2D eigenvalue weighted by molar-refractivity contribution is -0.143. The number of imidazole rings is 3. The Balaban J connectivity index is 0.801. The van der Waals surface area contributed by atoms with Crippen LogP contribution in [0.3, 0.4) is 0 Å². The molecule has 0 radical (unpaired) electrons. The van der Waals surface area contributed by atoms with E-state index in [4.69, 9.17) is 94.2 Å². The Morgan fingerprint density at radius 2 is 1.14 bits per heavy atom. The number of ether oxygens (including phenoxy) is 6. The van der Waals surface area contributed by atoms with E-state index in [2.05, 4.69) is 51.8 Å². The number of methoxy groups -OCH3 is 1. The van der Waals surface area contributed by atoms with Crippen LogP contribution in [0, 0.1) is 0 Å². The van der Waals surface area contributed by atoms with Gasteiger partial charge < -0.3 is 79.9 Å². The molecule has 38 nitrogen and oxygen atoms in total. The highest BCUT2D eigenvalue weighted by atomic mass is 32.7. The molecule has 0 saturated carbocycles. The smallest absolute Gasteiger partial charge is 0.465 e. The summed E-state index contributed by atoms with van der Waals surface area (Å²) in [5.74, 6) is -0.627. The van der Waals surface area contributed by atoms with E-state index in [-0.39, 0.29) is 82.8 Å². The minimum atomic E-state index is -5.42. The summed E-state index contributed by atoms with van der Waals surface area (Å²) in [6.45, 7) is -11.1. The molecule has 16 atom stereocenters. The number of unbranched alkanes of at least 4 members (excludes halogenated alkanes) is 14. The van der Waals surface area contributed by atoms with E-state index in [1.54, 1.807) is 0 Å². The Kier molecular flexibility index (Phi) is 27.1. The molecule has 10 rings (SSSR count). The van der Waals surface area contributed by atoms with Gasteiger partial charge in [0, 0.05) is 25.7 Å². The van der Waals surface area contributed by atoms with Crippen LogP contribution in [-0.4, -0.2) is 208 Å². The lowest BCUT2D eigenvalue weighted by Crippen LogP contribution is -2.52. The van der Waals surface area contributed by atoms with Crippen LogP contribution in [0.15, 0.2) is 38.0 Å². The first-order chi connectivity index (χ1) is 47.5. The van der Waals surface area contributed by atoms with Crippen LogP contribution in [0.4, 0.5) is 17.5 Å². The van der Waals surface area contributed by atoms with E-state index >= 15 is 0 Å². The van der Waals surface area contributed by atoms with Gasteiger partial charge in [-0.3, -0.25) is 45.6 Å². The Morgan fingerprint density at radius 1 is 0.636 bits per heavy atom. The van der Waals surface area contributed by atoms with Gasteiger partial charge in [0.2, 0.25) is 0 Å². The van der Waals surface area contributed by atoms with Crippen LogP contribution < -0.4 is 17.2 Å². The predicted molar refractivity (Wildman–Crippen MR) is 355 cm³/mol. The van der Waals surface area contributed by atoms with Gasteiger partial charge in [-0.1, -0.05) is 96.8 Å². The van der Waals surface area contributed by atoms with Crippen molar-refractivity contribution in [2.75, 3.05) is 76.3 Å². The predicted octanol–water partition coefficient (Wildman–Crippen LogP) is 5.75. The molecule has 2 bridgehead atoms. The maximum absolute atomic E-state index is 14.3. The first-order valence-electron chi connectivity index (χ1n) is 32.4. The SMILES string of the molecule is CCCCCCCCCCCCCCCCCC(=O)OCCSP(=O)(O)O[C@@H]1C2OCC[C@]1(COP(O)(=S)OC1[C@@H](O)[C@@H](COP(=O)(O)OC3[C@@H](OC)[C@@H](COP(=O)(O)OCCO)O[C@H]3n3cnc4c(N)ncnc43)O[C@H]1n1cnc3c(N)ncnc31)O[C@H]2n1cnc2c(N)ncnc21.